The number of anilines is 1. The van der Waals surface area contributed by atoms with Crippen LogP contribution in [0, 0.1) is 0 Å². The third-order valence-electron chi connectivity index (χ3n) is 9.93. The van der Waals surface area contributed by atoms with Gasteiger partial charge in [-0.05, 0) is 83.3 Å². The van der Waals surface area contributed by atoms with Gasteiger partial charge in [-0.15, -0.1) is 0 Å². The summed E-state index contributed by atoms with van der Waals surface area (Å²) in [5, 5.41) is 2.14. The molecule has 5 rings (SSSR count). The number of esters is 1. The Balaban J connectivity index is 1.37. The van der Waals surface area contributed by atoms with Crippen LogP contribution in [0.3, 0.4) is 0 Å². The number of carbonyl (C=O) groups is 2. The molecule has 0 bridgehead atoms. The zero-order chi connectivity index (χ0) is 35.5. The van der Waals surface area contributed by atoms with E-state index in [1.165, 1.54) is 6.92 Å². The van der Waals surface area contributed by atoms with Gasteiger partial charge in [0.2, 0.25) is 5.36 Å². The molecular weight excluding hydrogens is 624 g/mol. The van der Waals surface area contributed by atoms with Crippen molar-refractivity contribution in [3.05, 3.63) is 83.7 Å². The van der Waals surface area contributed by atoms with Gasteiger partial charge in [-0.25, -0.2) is 4.58 Å². The normalized spacial score (nSPS) is 13.7. The third-order valence-corrected chi connectivity index (χ3v) is 9.93. The standard InChI is InChI=1S/C42H55N4O4/c1-6-44(7-2)33-20-22-37-39(30-33)50-40-31-34(45(8-3)9-4)21-23-38(40)41(37)35-18-14-15-19-36(35)42(48)46-27-25-43(26-28-46)24-16-12-10-11-13-17-29-49-32(5)47/h13-15,17-23,30-31H,6-12,16,24-29H2,1-5H3/q+1/b17-13+. The van der Waals surface area contributed by atoms with Gasteiger partial charge < -0.3 is 19.0 Å². The molecule has 0 spiro atoms. The number of unbranched alkanes of at least 4 members (excludes halogenated alkanes) is 3. The van der Waals surface area contributed by atoms with Crippen LogP contribution in [0.25, 0.3) is 33.4 Å². The number of amides is 1. The predicted molar refractivity (Wildman–Crippen MR) is 205 cm³/mol. The number of fused-ring (bicyclic) bond motifs is 2. The molecule has 8 nitrogen and oxygen atoms in total. The van der Waals surface area contributed by atoms with Gasteiger partial charge in [0.25, 0.3) is 5.91 Å². The number of allylic oxidation sites excluding steroid dienone is 1. The van der Waals surface area contributed by atoms with E-state index < -0.39 is 0 Å². The van der Waals surface area contributed by atoms with Gasteiger partial charge in [-0.3, -0.25) is 14.5 Å². The van der Waals surface area contributed by atoms with Gasteiger partial charge in [0.05, 0.1) is 6.07 Å². The Labute approximate surface area is 298 Å². The van der Waals surface area contributed by atoms with E-state index in [9.17, 15) is 9.59 Å². The Kier molecular flexibility index (Phi) is 13.3. The van der Waals surface area contributed by atoms with E-state index in [1.807, 2.05) is 29.2 Å². The molecule has 266 valence electrons. The highest BCUT2D eigenvalue weighted by Crippen LogP contribution is 2.42. The number of hydrogen-bond donors (Lipinski definition) is 0. The summed E-state index contributed by atoms with van der Waals surface area (Å²) in [4.78, 5) is 32.0. The summed E-state index contributed by atoms with van der Waals surface area (Å²) >= 11 is 0. The first-order chi connectivity index (χ1) is 24.4. The van der Waals surface area contributed by atoms with E-state index in [1.54, 1.807) is 0 Å². The molecule has 8 heteroatoms. The molecule has 2 aromatic rings. The van der Waals surface area contributed by atoms with E-state index in [0.29, 0.717) is 6.61 Å². The van der Waals surface area contributed by atoms with Crippen molar-refractivity contribution in [2.24, 2.45) is 0 Å². The number of rotatable bonds is 15. The Morgan fingerprint density at radius 2 is 1.62 bits per heavy atom. The summed E-state index contributed by atoms with van der Waals surface area (Å²) in [6.07, 6.45) is 8.42. The Hall–Kier alpha value is -4.43. The van der Waals surface area contributed by atoms with Crippen LogP contribution in [0.1, 0.15) is 70.7 Å². The molecule has 0 aromatic heterocycles. The van der Waals surface area contributed by atoms with Gasteiger partial charge in [-0.1, -0.05) is 36.8 Å². The number of piperazine rings is 1. The monoisotopic (exact) mass is 679 g/mol. The predicted octanol–water partition coefficient (Wildman–Crippen LogP) is 7.30. The lowest BCUT2D eigenvalue weighted by Crippen LogP contribution is -2.48. The lowest BCUT2D eigenvalue weighted by molar-refractivity contribution is -0.139. The van der Waals surface area contributed by atoms with Gasteiger partial charge >= 0.3 is 5.97 Å². The van der Waals surface area contributed by atoms with Gasteiger partial charge in [0.1, 0.15) is 31.0 Å². The minimum absolute atomic E-state index is 0.0856. The lowest BCUT2D eigenvalue weighted by Gasteiger charge is -2.35. The van der Waals surface area contributed by atoms with Gasteiger partial charge in [0, 0.05) is 86.1 Å². The minimum atomic E-state index is -0.246. The van der Waals surface area contributed by atoms with Gasteiger partial charge in [0.15, 0.2) is 0 Å². The number of nitrogens with zero attached hydrogens (tertiary/aromatic N) is 4. The summed E-state index contributed by atoms with van der Waals surface area (Å²) in [7, 11) is 0. The van der Waals surface area contributed by atoms with E-state index in [-0.39, 0.29) is 11.9 Å². The zero-order valence-electron chi connectivity index (χ0n) is 30.7. The van der Waals surface area contributed by atoms with Crippen LogP contribution < -0.4 is 14.8 Å². The topological polar surface area (TPSA) is 69.2 Å². The van der Waals surface area contributed by atoms with Crippen molar-refractivity contribution in [2.75, 3.05) is 70.4 Å². The second-order valence-electron chi connectivity index (χ2n) is 13.0. The Morgan fingerprint density at radius 1 is 0.860 bits per heavy atom. The molecule has 50 heavy (non-hydrogen) atoms. The Morgan fingerprint density at radius 3 is 2.34 bits per heavy atom. The van der Waals surface area contributed by atoms with E-state index in [0.717, 1.165) is 135 Å². The molecule has 1 aliphatic carbocycles. The quantitative estimate of drug-likeness (QED) is 0.0432. The van der Waals surface area contributed by atoms with Crippen molar-refractivity contribution in [2.45, 2.75) is 60.3 Å². The maximum absolute atomic E-state index is 14.3. The molecule has 1 fully saturated rings. The van der Waals surface area contributed by atoms with Crippen LogP contribution >= 0.6 is 0 Å². The third kappa shape index (κ3) is 8.83. The second kappa shape index (κ2) is 18.0. The van der Waals surface area contributed by atoms with Gasteiger partial charge in [-0.2, -0.15) is 0 Å². The average Bonchev–Trinajstić information content (AvgIpc) is 3.14. The molecule has 0 unspecified atom stereocenters. The fourth-order valence-electron chi connectivity index (χ4n) is 7.09. The average molecular weight is 680 g/mol. The fraction of sp³-hybridized carbons (Fsp3) is 0.452. The molecular formula is C42H55N4O4+. The van der Waals surface area contributed by atoms with Crippen LogP contribution in [-0.2, 0) is 9.53 Å². The molecule has 1 saturated heterocycles. The molecule has 2 aromatic carbocycles. The zero-order valence-corrected chi connectivity index (χ0v) is 30.7. The number of benzene rings is 3. The highest BCUT2D eigenvalue weighted by atomic mass is 16.5. The lowest BCUT2D eigenvalue weighted by atomic mass is 9.90. The first kappa shape index (κ1) is 36.8. The number of carbonyl (C=O) groups excluding carboxylic acids is 2. The number of ether oxygens (including phenoxy) is 1. The number of hydrogen-bond acceptors (Lipinski definition) is 6. The van der Waals surface area contributed by atoms with E-state index in [4.69, 9.17) is 9.15 Å². The Bertz CT molecular complexity index is 1810. The fourth-order valence-corrected chi connectivity index (χ4v) is 7.09. The summed E-state index contributed by atoms with van der Waals surface area (Å²) < 4.78 is 14.0. The van der Waals surface area contributed by atoms with Crippen LogP contribution in [-0.4, -0.2) is 87.2 Å². The second-order valence-corrected chi connectivity index (χ2v) is 13.0. The highest BCUT2D eigenvalue weighted by Gasteiger charge is 2.27. The van der Waals surface area contributed by atoms with Crippen LogP contribution in [0.2, 0.25) is 0 Å². The van der Waals surface area contributed by atoms with Crippen molar-refractivity contribution in [1.29, 1.82) is 0 Å². The van der Waals surface area contributed by atoms with E-state index in [2.05, 4.69) is 90.6 Å². The van der Waals surface area contributed by atoms with Crippen molar-refractivity contribution < 1.29 is 18.7 Å². The summed E-state index contributed by atoms with van der Waals surface area (Å²) in [5.41, 5.74) is 5.68. The van der Waals surface area contributed by atoms with Crippen LogP contribution in [0.15, 0.2) is 77.2 Å². The van der Waals surface area contributed by atoms with Crippen molar-refractivity contribution in [3.8, 4) is 22.5 Å². The summed E-state index contributed by atoms with van der Waals surface area (Å²) in [6, 6.07) is 21.1. The molecule has 1 amide bonds. The molecule has 3 aliphatic rings. The highest BCUT2D eigenvalue weighted by molar-refractivity contribution is 6.09. The van der Waals surface area contributed by atoms with Crippen molar-refractivity contribution >= 4 is 28.5 Å². The largest absolute Gasteiger partial charge is 0.462 e. The maximum Gasteiger partial charge on any atom is 0.302 e. The minimum Gasteiger partial charge on any atom is -0.462 e. The smallest absolute Gasteiger partial charge is 0.302 e. The van der Waals surface area contributed by atoms with Crippen LogP contribution in [0.5, 0.6) is 0 Å². The summed E-state index contributed by atoms with van der Waals surface area (Å²) in [6.45, 7) is 18.4. The molecule has 0 N–H and O–H groups in total. The molecule has 0 atom stereocenters. The molecule has 2 aliphatic heterocycles. The first-order valence-corrected chi connectivity index (χ1v) is 18.6. The molecule has 2 heterocycles. The maximum atomic E-state index is 14.3. The first-order valence-electron chi connectivity index (χ1n) is 18.6. The SMILES string of the molecule is CCN(CC)c1ccc2c(-c3ccccc3C(=O)N3CCN(CCCCC/C=C/COC(C)=O)CC3)c3ccc(=[N+](CC)CC)cc-3oc2c1. The van der Waals surface area contributed by atoms with Crippen molar-refractivity contribution in [3.63, 3.8) is 0 Å². The molecule has 0 radical (unpaired) electrons. The van der Waals surface area contributed by atoms with E-state index >= 15 is 0 Å². The molecule has 0 saturated carbocycles. The van der Waals surface area contributed by atoms with Crippen molar-refractivity contribution in [1.82, 2.24) is 14.4 Å². The summed E-state index contributed by atoms with van der Waals surface area (Å²) in [5.74, 6) is 0.661. The van der Waals surface area contributed by atoms with Crippen LogP contribution in [0.4, 0.5) is 5.69 Å².